The van der Waals surface area contributed by atoms with Crippen molar-refractivity contribution in [3.05, 3.63) is 0 Å². The summed E-state index contributed by atoms with van der Waals surface area (Å²) in [5, 5.41) is 0. The molecule has 214 valence electrons. The highest BCUT2D eigenvalue weighted by Crippen LogP contribution is 2.20. The van der Waals surface area contributed by atoms with Crippen LogP contribution in [0.3, 0.4) is 0 Å². The quantitative estimate of drug-likeness (QED) is 0.0858. The Bertz CT molecular complexity index is 500. The molecule has 0 aromatic rings. The van der Waals surface area contributed by atoms with Gasteiger partial charge in [-0.2, -0.15) is 0 Å². The van der Waals surface area contributed by atoms with Crippen molar-refractivity contribution < 1.29 is 19.1 Å². The van der Waals surface area contributed by atoms with Gasteiger partial charge in [-0.15, -0.1) is 0 Å². The summed E-state index contributed by atoms with van der Waals surface area (Å²) in [6.07, 6.45) is 23.4. The third kappa shape index (κ3) is 26.0. The van der Waals surface area contributed by atoms with E-state index >= 15 is 0 Å². The van der Waals surface area contributed by atoms with Crippen molar-refractivity contribution in [1.82, 2.24) is 0 Å². The molecule has 0 radical (unpaired) electrons. The molecule has 0 bridgehead atoms. The maximum absolute atomic E-state index is 12.0. The average Bonchev–Trinajstić information content (AvgIpc) is 2.82. The monoisotopic (exact) mass is 510 g/mol. The van der Waals surface area contributed by atoms with Gasteiger partial charge >= 0.3 is 11.9 Å². The summed E-state index contributed by atoms with van der Waals surface area (Å²) in [6, 6.07) is 0. The number of unbranched alkanes of at least 4 members (excludes halogenated alkanes) is 13. The maximum atomic E-state index is 12.0. The normalized spacial score (nSPS) is 12.3. The second kappa shape index (κ2) is 25.6. The van der Waals surface area contributed by atoms with Crippen LogP contribution in [0, 0.1) is 17.8 Å². The molecule has 4 heteroatoms. The average molecular weight is 511 g/mol. The minimum absolute atomic E-state index is 0.00278. The second-order valence-corrected chi connectivity index (χ2v) is 11.8. The fraction of sp³-hybridized carbons (Fsp3) is 0.938. The van der Waals surface area contributed by atoms with E-state index in [1.165, 1.54) is 77.0 Å². The van der Waals surface area contributed by atoms with Crippen molar-refractivity contribution in [1.29, 1.82) is 0 Å². The maximum Gasteiger partial charge on any atom is 0.306 e. The van der Waals surface area contributed by atoms with Gasteiger partial charge in [-0.3, -0.25) is 9.59 Å². The zero-order valence-corrected chi connectivity index (χ0v) is 24.9. The fourth-order valence-corrected chi connectivity index (χ4v) is 4.46. The Balaban J connectivity index is 3.37. The molecule has 0 saturated carbocycles. The first-order chi connectivity index (χ1) is 17.3. The number of hydrogen-bond donors (Lipinski definition) is 0. The van der Waals surface area contributed by atoms with E-state index < -0.39 is 0 Å². The van der Waals surface area contributed by atoms with Gasteiger partial charge in [0.25, 0.3) is 0 Å². The van der Waals surface area contributed by atoms with E-state index in [4.69, 9.17) is 9.47 Å². The molecular weight excluding hydrogens is 448 g/mol. The van der Waals surface area contributed by atoms with E-state index in [1.807, 2.05) is 0 Å². The topological polar surface area (TPSA) is 52.6 Å². The van der Waals surface area contributed by atoms with Crippen LogP contribution in [-0.2, 0) is 19.1 Å². The van der Waals surface area contributed by atoms with Gasteiger partial charge in [0.1, 0.15) is 0 Å². The lowest BCUT2D eigenvalue weighted by Crippen LogP contribution is -2.13. The first-order valence-corrected chi connectivity index (χ1v) is 15.7. The summed E-state index contributed by atoms with van der Waals surface area (Å²) in [5.74, 6) is 1.65. The highest BCUT2D eigenvalue weighted by molar-refractivity contribution is 5.69. The van der Waals surface area contributed by atoms with Gasteiger partial charge in [-0.05, 0) is 43.4 Å². The van der Waals surface area contributed by atoms with Crippen LogP contribution in [0.5, 0.6) is 0 Å². The summed E-state index contributed by atoms with van der Waals surface area (Å²) in [4.78, 5) is 23.6. The molecule has 0 amide bonds. The number of rotatable bonds is 26. The van der Waals surface area contributed by atoms with Crippen LogP contribution in [0.1, 0.15) is 163 Å². The van der Waals surface area contributed by atoms with Crippen molar-refractivity contribution in [3.63, 3.8) is 0 Å². The van der Waals surface area contributed by atoms with E-state index in [-0.39, 0.29) is 11.9 Å². The summed E-state index contributed by atoms with van der Waals surface area (Å²) in [5.41, 5.74) is 0. The van der Waals surface area contributed by atoms with E-state index in [9.17, 15) is 9.59 Å². The number of carbonyl (C=O) groups is 2. The smallest absolute Gasteiger partial charge is 0.306 e. The molecule has 0 spiro atoms. The Morgan fingerprint density at radius 2 is 0.917 bits per heavy atom. The summed E-state index contributed by atoms with van der Waals surface area (Å²) in [6.45, 7) is 12.0. The molecule has 0 aliphatic rings. The van der Waals surface area contributed by atoms with Crippen molar-refractivity contribution in [2.45, 2.75) is 163 Å². The third-order valence-corrected chi connectivity index (χ3v) is 7.19. The van der Waals surface area contributed by atoms with Gasteiger partial charge in [0, 0.05) is 12.8 Å². The van der Waals surface area contributed by atoms with Crippen molar-refractivity contribution in [3.8, 4) is 0 Å². The standard InChI is InChI=1S/C32H62O4/c1-6-30(27-32(34)36-26-24-29(4)5)21-19-17-15-13-11-9-7-8-10-12-14-16-18-20-22-31(33)35-25-23-28(2)3/h28-30H,6-27H2,1-5H3. The van der Waals surface area contributed by atoms with Gasteiger partial charge in [-0.1, -0.05) is 125 Å². The van der Waals surface area contributed by atoms with Crippen molar-refractivity contribution >= 4 is 11.9 Å². The number of carbonyl (C=O) groups excluding carboxylic acids is 2. The van der Waals surface area contributed by atoms with Crippen molar-refractivity contribution in [2.75, 3.05) is 13.2 Å². The summed E-state index contributed by atoms with van der Waals surface area (Å²) in [7, 11) is 0. The molecule has 0 heterocycles. The third-order valence-electron chi connectivity index (χ3n) is 7.19. The molecule has 0 fully saturated rings. The predicted octanol–water partition coefficient (Wildman–Crippen LogP) is 9.82. The van der Waals surface area contributed by atoms with Gasteiger partial charge in [0.2, 0.25) is 0 Å². The number of esters is 2. The number of hydrogen-bond acceptors (Lipinski definition) is 4. The lowest BCUT2D eigenvalue weighted by Gasteiger charge is -2.14. The number of ether oxygens (including phenoxy) is 2. The first kappa shape index (κ1) is 34.9. The molecule has 0 rings (SSSR count). The molecule has 36 heavy (non-hydrogen) atoms. The SMILES string of the molecule is CCC(CCCCCCCCCCCCCCCCC(=O)OCCC(C)C)CC(=O)OCCC(C)C. The van der Waals surface area contributed by atoms with E-state index in [0.717, 1.165) is 38.5 Å². The van der Waals surface area contributed by atoms with Crippen LogP contribution >= 0.6 is 0 Å². The van der Waals surface area contributed by atoms with Gasteiger partial charge < -0.3 is 9.47 Å². The van der Waals surface area contributed by atoms with E-state index in [0.29, 0.717) is 43.8 Å². The van der Waals surface area contributed by atoms with E-state index in [1.54, 1.807) is 0 Å². The van der Waals surface area contributed by atoms with Crippen LogP contribution in [0.25, 0.3) is 0 Å². The highest BCUT2D eigenvalue weighted by Gasteiger charge is 2.13. The lowest BCUT2D eigenvalue weighted by atomic mass is 9.95. The first-order valence-electron chi connectivity index (χ1n) is 15.7. The molecule has 0 N–H and O–H groups in total. The molecule has 0 aliphatic heterocycles. The largest absolute Gasteiger partial charge is 0.466 e. The van der Waals surface area contributed by atoms with Crippen LogP contribution < -0.4 is 0 Å². The Morgan fingerprint density at radius 3 is 1.33 bits per heavy atom. The minimum Gasteiger partial charge on any atom is -0.466 e. The van der Waals surface area contributed by atoms with Crippen LogP contribution in [0.2, 0.25) is 0 Å². The minimum atomic E-state index is -0.0182. The molecule has 0 saturated heterocycles. The fourth-order valence-electron chi connectivity index (χ4n) is 4.46. The molecule has 0 aliphatic carbocycles. The molecule has 1 unspecified atom stereocenters. The Morgan fingerprint density at radius 1 is 0.528 bits per heavy atom. The zero-order chi connectivity index (χ0) is 26.9. The van der Waals surface area contributed by atoms with Gasteiger partial charge in [-0.25, -0.2) is 0 Å². The summed E-state index contributed by atoms with van der Waals surface area (Å²) < 4.78 is 10.6. The highest BCUT2D eigenvalue weighted by atomic mass is 16.5. The van der Waals surface area contributed by atoms with Gasteiger partial charge in [0.15, 0.2) is 0 Å². The van der Waals surface area contributed by atoms with Crippen LogP contribution in [0.15, 0.2) is 0 Å². The zero-order valence-electron chi connectivity index (χ0n) is 24.9. The Labute approximate surface area is 225 Å². The van der Waals surface area contributed by atoms with Gasteiger partial charge in [0.05, 0.1) is 13.2 Å². The molecule has 0 aromatic heterocycles. The Hall–Kier alpha value is -1.06. The molecule has 1 atom stereocenters. The van der Waals surface area contributed by atoms with E-state index in [2.05, 4.69) is 34.6 Å². The lowest BCUT2D eigenvalue weighted by molar-refractivity contribution is -0.145. The van der Waals surface area contributed by atoms with Crippen LogP contribution in [-0.4, -0.2) is 25.2 Å². The predicted molar refractivity (Wildman–Crippen MR) is 153 cm³/mol. The molecule has 4 nitrogen and oxygen atoms in total. The van der Waals surface area contributed by atoms with Crippen molar-refractivity contribution in [2.24, 2.45) is 17.8 Å². The summed E-state index contributed by atoms with van der Waals surface area (Å²) >= 11 is 0. The molecular formula is C32H62O4. The molecule has 0 aromatic carbocycles. The second-order valence-electron chi connectivity index (χ2n) is 11.8. The Kier molecular flexibility index (Phi) is 24.8. The van der Waals surface area contributed by atoms with Crippen LogP contribution in [0.4, 0.5) is 0 Å².